The lowest BCUT2D eigenvalue weighted by atomic mass is 10.0. The first-order valence-corrected chi connectivity index (χ1v) is 15.0. The summed E-state index contributed by atoms with van der Waals surface area (Å²) in [6, 6.07) is 0.219. The number of rotatable bonds is 15. The number of aromatic hydroxyl groups is 2. The van der Waals surface area contributed by atoms with Gasteiger partial charge in [-0.25, -0.2) is 9.59 Å². The number of alkyl halides is 3. The minimum atomic E-state index is -5.08. The fourth-order valence-electron chi connectivity index (χ4n) is 2.87. The number of benzene rings is 1. The van der Waals surface area contributed by atoms with Crippen LogP contribution < -0.4 is 21.7 Å². The van der Waals surface area contributed by atoms with Gasteiger partial charge >= 0.3 is 24.1 Å². The molecular weight excluding hydrogens is 653 g/mol. The largest absolute Gasteiger partial charge is 0.504 e. The zero-order valence-corrected chi connectivity index (χ0v) is 25.8. The van der Waals surface area contributed by atoms with E-state index in [1.807, 2.05) is 20.8 Å². The number of hydrogen-bond acceptors (Lipinski definition) is 11. The van der Waals surface area contributed by atoms with E-state index in [9.17, 15) is 52.5 Å². The van der Waals surface area contributed by atoms with Crippen molar-refractivity contribution in [3.8, 4) is 11.5 Å². The summed E-state index contributed by atoms with van der Waals surface area (Å²) in [7, 11) is 2.79. The number of phenolic OH excluding ortho intramolecular Hbond substituents is 2. The highest BCUT2D eigenvalue weighted by molar-refractivity contribution is 8.77. The molecule has 0 fully saturated rings. The first-order valence-electron chi connectivity index (χ1n) is 12.7. The number of hydrogen-bond donors (Lipinski definition) is 9. The van der Waals surface area contributed by atoms with Crippen LogP contribution in [0.25, 0.3) is 0 Å². The number of amides is 3. The Kier molecular flexibility index (Phi) is 17.2. The van der Waals surface area contributed by atoms with Crippen LogP contribution in [-0.4, -0.2) is 103 Å². The maximum atomic E-state index is 12.5. The lowest BCUT2D eigenvalue weighted by Gasteiger charge is -2.21. The summed E-state index contributed by atoms with van der Waals surface area (Å²) < 4.78 is 31.6. The molecule has 0 heterocycles. The van der Waals surface area contributed by atoms with Crippen molar-refractivity contribution in [3.05, 3.63) is 23.8 Å². The maximum absolute atomic E-state index is 12.5. The van der Waals surface area contributed by atoms with Crippen LogP contribution in [0.3, 0.4) is 0 Å². The van der Waals surface area contributed by atoms with E-state index in [0.717, 1.165) is 0 Å². The van der Waals surface area contributed by atoms with Crippen molar-refractivity contribution >= 4 is 57.2 Å². The average Bonchev–Trinajstić information content (AvgIpc) is 2.89. The predicted molar refractivity (Wildman–Crippen MR) is 156 cm³/mol. The average molecular weight is 689 g/mol. The van der Waals surface area contributed by atoms with Crippen molar-refractivity contribution in [2.24, 2.45) is 5.73 Å². The normalized spacial score (nSPS) is 13.2. The quantitative estimate of drug-likeness (QED) is 0.0913. The highest BCUT2D eigenvalue weighted by Crippen LogP contribution is 2.35. The summed E-state index contributed by atoms with van der Waals surface area (Å²) in [5.74, 6) is -8.16. The topological polar surface area (TPSA) is 266 Å². The molecule has 0 saturated heterocycles. The van der Waals surface area contributed by atoms with Gasteiger partial charge in [-0.05, 0) is 30.5 Å². The summed E-state index contributed by atoms with van der Waals surface area (Å²) in [6.07, 6.45) is -5.78. The van der Waals surface area contributed by atoms with E-state index in [1.165, 1.54) is 39.8 Å². The second-order valence-electron chi connectivity index (χ2n) is 10.1. The first-order chi connectivity index (χ1) is 20.5. The molecule has 0 saturated carbocycles. The van der Waals surface area contributed by atoms with Gasteiger partial charge in [-0.15, -0.1) is 0 Å². The number of carboxylic acids is 3. The number of nitrogens with two attached hydrogens (primary N) is 1. The number of halogens is 3. The summed E-state index contributed by atoms with van der Waals surface area (Å²) in [6.45, 7) is 5.26. The smallest absolute Gasteiger partial charge is 0.490 e. The monoisotopic (exact) mass is 688 g/mol. The molecule has 0 radical (unpaired) electrons. The number of carboxylic acid groups (broad SMARTS) is 3. The standard InChI is InChI=1S/C23H34N4O9S2.C2HF3O2/c1-23(2,3)38-37-11-15(21(34)25-10-19(31)32)26-18(30)7-5-14(22(35)36)27-20(33)13(24)8-12-4-6-16(28)17(29)9-12;3-2(4,5)1(6)7/h4,6,9,13-15,28-29H,5,7-8,10-11,24H2,1-3H3,(H,25,34)(H,26,30)(H,27,33)(H,31,32)(H,35,36);(H,6,7)/t13-,14+,15+;/m1./s1. The Bertz CT molecular complexity index is 1210. The number of aliphatic carboxylic acids is 3. The van der Waals surface area contributed by atoms with E-state index >= 15 is 0 Å². The molecule has 45 heavy (non-hydrogen) atoms. The van der Waals surface area contributed by atoms with Crippen LogP contribution in [0.2, 0.25) is 0 Å². The summed E-state index contributed by atoms with van der Waals surface area (Å²) in [5.41, 5.74) is 6.28. The molecule has 0 aliphatic carbocycles. The fraction of sp³-hybridized carbons (Fsp3) is 0.520. The van der Waals surface area contributed by atoms with E-state index in [1.54, 1.807) is 0 Å². The van der Waals surface area contributed by atoms with E-state index in [2.05, 4.69) is 16.0 Å². The lowest BCUT2D eigenvalue weighted by molar-refractivity contribution is -0.192. The number of phenols is 2. The second-order valence-corrected chi connectivity index (χ2v) is 13.3. The Balaban J connectivity index is 0.00000246. The summed E-state index contributed by atoms with van der Waals surface area (Å²) in [5, 5.41) is 51.3. The molecule has 0 unspecified atom stereocenters. The molecule has 3 atom stereocenters. The van der Waals surface area contributed by atoms with Crippen molar-refractivity contribution in [1.29, 1.82) is 0 Å². The fourth-order valence-corrected chi connectivity index (χ4v) is 5.33. The Morgan fingerprint density at radius 2 is 1.49 bits per heavy atom. The number of nitrogens with one attached hydrogen (secondary N) is 3. The van der Waals surface area contributed by atoms with Crippen LogP contribution in [-0.2, 0) is 35.2 Å². The van der Waals surface area contributed by atoms with Gasteiger partial charge in [0.05, 0.1) is 6.04 Å². The molecule has 20 heteroatoms. The third-order valence-electron chi connectivity index (χ3n) is 4.96. The maximum Gasteiger partial charge on any atom is 0.490 e. The number of carbonyl (C=O) groups excluding carboxylic acids is 3. The van der Waals surface area contributed by atoms with Crippen LogP contribution in [0, 0.1) is 0 Å². The third-order valence-corrected chi connectivity index (χ3v) is 8.31. The van der Waals surface area contributed by atoms with Crippen molar-refractivity contribution in [2.45, 2.75) is 69.1 Å². The van der Waals surface area contributed by atoms with E-state index in [-0.39, 0.29) is 35.5 Å². The third kappa shape index (κ3) is 18.5. The van der Waals surface area contributed by atoms with Crippen LogP contribution in [0.4, 0.5) is 13.2 Å². The molecule has 0 aromatic heterocycles. The molecule has 0 spiro atoms. The van der Waals surface area contributed by atoms with Crippen LogP contribution in [0.1, 0.15) is 39.2 Å². The van der Waals surface area contributed by atoms with Gasteiger partial charge in [0.2, 0.25) is 17.7 Å². The van der Waals surface area contributed by atoms with Crippen molar-refractivity contribution in [2.75, 3.05) is 12.3 Å². The van der Waals surface area contributed by atoms with Gasteiger partial charge in [-0.2, -0.15) is 13.2 Å². The zero-order valence-electron chi connectivity index (χ0n) is 24.2. The number of carbonyl (C=O) groups is 6. The summed E-state index contributed by atoms with van der Waals surface area (Å²) in [4.78, 5) is 68.6. The van der Waals surface area contributed by atoms with Crippen molar-refractivity contribution < 1.29 is 67.5 Å². The molecule has 1 aromatic rings. The molecule has 1 aromatic carbocycles. The van der Waals surface area contributed by atoms with Gasteiger partial charge < -0.3 is 47.2 Å². The molecule has 1 rings (SSSR count). The molecule has 10 N–H and O–H groups in total. The van der Waals surface area contributed by atoms with Crippen molar-refractivity contribution in [1.82, 2.24) is 16.0 Å². The Morgan fingerprint density at radius 3 is 1.96 bits per heavy atom. The summed E-state index contributed by atoms with van der Waals surface area (Å²) >= 11 is 0. The SMILES string of the molecule is CC(C)(C)SSC[C@H](NC(=O)CC[C@H](NC(=O)[C@H](N)Cc1ccc(O)c(O)c1)C(=O)O)C(=O)NCC(=O)O.O=C(O)C(F)(F)F. The molecule has 0 bridgehead atoms. The molecule has 0 aliphatic rings. The van der Waals surface area contributed by atoms with Crippen LogP contribution >= 0.6 is 21.6 Å². The highest BCUT2D eigenvalue weighted by atomic mass is 33.1. The molecule has 15 nitrogen and oxygen atoms in total. The predicted octanol–water partition coefficient (Wildman–Crippen LogP) is 0.816. The van der Waals surface area contributed by atoms with Gasteiger partial charge in [0.1, 0.15) is 18.6 Å². The van der Waals surface area contributed by atoms with Gasteiger partial charge in [-0.1, -0.05) is 48.4 Å². The minimum Gasteiger partial charge on any atom is -0.504 e. The Morgan fingerprint density at radius 1 is 0.911 bits per heavy atom. The van der Waals surface area contributed by atoms with Gasteiger partial charge in [0.15, 0.2) is 11.5 Å². The molecular formula is C25H35F3N4O11S2. The Labute approximate surface area is 262 Å². The minimum absolute atomic E-state index is 0.0517. The second kappa shape index (κ2) is 18.8. The van der Waals surface area contributed by atoms with Gasteiger partial charge in [0, 0.05) is 16.9 Å². The van der Waals surface area contributed by atoms with E-state index in [0.29, 0.717) is 5.56 Å². The van der Waals surface area contributed by atoms with Gasteiger partial charge in [0.25, 0.3) is 0 Å². The van der Waals surface area contributed by atoms with Gasteiger partial charge in [-0.3, -0.25) is 19.2 Å². The lowest BCUT2D eigenvalue weighted by Crippen LogP contribution is -2.51. The van der Waals surface area contributed by atoms with Crippen LogP contribution in [0.15, 0.2) is 18.2 Å². The molecule has 0 aliphatic heterocycles. The molecule has 254 valence electrons. The molecule has 3 amide bonds. The van der Waals surface area contributed by atoms with E-state index < -0.39 is 72.2 Å². The van der Waals surface area contributed by atoms with Crippen molar-refractivity contribution in [3.63, 3.8) is 0 Å². The highest BCUT2D eigenvalue weighted by Gasteiger charge is 2.38. The Hall–Kier alpha value is -3.91. The zero-order chi connectivity index (χ0) is 35.1. The first kappa shape index (κ1) is 41.1. The van der Waals surface area contributed by atoms with Crippen LogP contribution in [0.5, 0.6) is 11.5 Å². The van der Waals surface area contributed by atoms with E-state index in [4.69, 9.17) is 20.7 Å².